The third kappa shape index (κ3) is 3.50. The van der Waals surface area contributed by atoms with Gasteiger partial charge in [-0.3, -0.25) is 0 Å². The van der Waals surface area contributed by atoms with Crippen molar-refractivity contribution >= 4 is 15.7 Å². The summed E-state index contributed by atoms with van der Waals surface area (Å²) in [5, 5.41) is 7.62. The lowest BCUT2D eigenvalue weighted by Crippen LogP contribution is -2.27. The molecule has 2 aromatic rings. The van der Waals surface area contributed by atoms with Crippen LogP contribution in [-0.4, -0.2) is 36.8 Å². The SMILES string of the molecule is COc1cc(N)ccc1S(=O)(=O)NCCc1nncn1C. The monoisotopic (exact) mass is 311 g/mol. The molecule has 1 aromatic heterocycles. The van der Waals surface area contributed by atoms with Crippen molar-refractivity contribution in [3.8, 4) is 5.75 Å². The van der Waals surface area contributed by atoms with Gasteiger partial charge in [0.05, 0.1) is 7.11 Å². The van der Waals surface area contributed by atoms with Crippen molar-refractivity contribution in [2.75, 3.05) is 19.4 Å². The van der Waals surface area contributed by atoms with Crippen LogP contribution in [0.4, 0.5) is 5.69 Å². The fourth-order valence-electron chi connectivity index (χ4n) is 1.81. The molecule has 9 heteroatoms. The molecule has 0 atom stereocenters. The van der Waals surface area contributed by atoms with E-state index in [0.29, 0.717) is 17.9 Å². The van der Waals surface area contributed by atoms with E-state index in [2.05, 4.69) is 14.9 Å². The van der Waals surface area contributed by atoms with Gasteiger partial charge in [0.15, 0.2) is 0 Å². The Morgan fingerprint density at radius 2 is 2.19 bits per heavy atom. The van der Waals surface area contributed by atoms with Crippen LogP contribution in [0.25, 0.3) is 0 Å². The molecule has 0 saturated heterocycles. The number of methoxy groups -OCH3 is 1. The molecule has 0 radical (unpaired) electrons. The Kier molecular flexibility index (Phi) is 4.43. The summed E-state index contributed by atoms with van der Waals surface area (Å²) >= 11 is 0. The first kappa shape index (κ1) is 15.3. The summed E-state index contributed by atoms with van der Waals surface area (Å²) < 4.78 is 33.8. The van der Waals surface area contributed by atoms with Crippen molar-refractivity contribution in [2.24, 2.45) is 7.05 Å². The third-order valence-electron chi connectivity index (χ3n) is 2.92. The lowest BCUT2D eigenvalue weighted by molar-refractivity contribution is 0.402. The molecule has 21 heavy (non-hydrogen) atoms. The average molecular weight is 311 g/mol. The normalized spacial score (nSPS) is 11.5. The molecule has 0 aliphatic carbocycles. The molecule has 0 aliphatic heterocycles. The highest BCUT2D eigenvalue weighted by atomic mass is 32.2. The summed E-state index contributed by atoms with van der Waals surface area (Å²) in [6.45, 7) is 0.211. The number of aromatic nitrogens is 3. The van der Waals surface area contributed by atoms with E-state index >= 15 is 0 Å². The van der Waals surface area contributed by atoms with Crippen molar-refractivity contribution in [2.45, 2.75) is 11.3 Å². The number of nitrogens with zero attached hydrogens (tertiary/aromatic N) is 3. The van der Waals surface area contributed by atoms with Crippen LogP contribution < -0.4 is 15.2 Å². The zero-order chi connectivity index (χ0) is 15.5. The minimum atomic E-state index is -3.67. The van der Waals surface area contributed by atoms with Crippen molar-refractivity contribution in [1.29, 1.82) is 0 Å². The summed E-state index contributed by atoms with van der Waals surface area (Å²) in [5.41, 5.74) is 6.05. The molecule has 8 nitrogen and oxygen atoms in total. The van der Waals surface area contributed by atoms with Gasteiger partial charge in [0.2, 0.25) is 10.0 Å². The van der Waals surface area contributed by atoms with Gasteiger partial charge in [-0.05, 0) is 12.1 Å². The number of nitrogen functional groups attached to an aromatic ring is 1. The molecule has 0 aliphatic rings. The number of rotatable bonds is 6. The van der Waals surface area contributed by atoms with E-state index in [0.717, 1.165) is 0 Å². The summed E-state index contributed by atoms with van der Waals surface area (Å²) in [6.07, 6.45) is 2.00. The lowest BCUT2D eigenvalue weighted by Gasteiger charge is -2.11. The molecule has 0 amide bonds. The Balaban J connectivity index is 2.10. The number of ether oxygens (including phenoxy) is 1. The number of hydrogen-bond donors (Lipinski definition) is 2. The van der Waals surface area contributed by atoms with Gasteiger partial charge in [-0.2, -0.15) is 0 Å². The smallest absolute Gasteiger partial charge is 0.244 e. The summed E-state index contributed by atoms with van der Waals surface area (Å²) in [7, 11) is -0.479. The summed E-state index contributed by atoms with van der Waals surface area (Å²) in [5.74, 6) is 0.906. The summed E-state index contributed by atoms with van der Waals surface area (Å²) in [6, 6.07) is 4.40. The first-order chi connectivity index (χ1) is 9.94. The van der Waals surface area contributed by atoms with E-state index in [9.17, 15) is 8.42 Å². The molecule has 0 saturated carbocycles. The molecular formula is C12H17N5O3S. The fourth-order valence-corrected chi connectivity index (χ4v) is 3.00. The highest BCUT2D eigenvalue weighted by molar-refractivity contribution is 7.89. The first-order valence-electron chi connectivity index (χ1n) is 6.20. The van der Waals surface area contributed by atoms with Crippen molar-refractivity contribution in [3.63, 3.8) is 0 Å². The summed E-state index contributed by atoms with van der Waals surface area (Å²) in [4.78, 5) is 0.0529. The maximum Gasteiger partial charge on any atom is 0.244 e. The molecule has 0 fully saturated rings. The molecule has 3 N–H and O–H groups in total. The van der Waals surface area contributed by atoms with Gasteiger partial charge < -0.3 is 15.0 Å². The number of hydrogen-bond acceptors (Lipinski definition) is 6. The van der Waals surface area contributed by atoms with Crippen LogP contribution in [0.2, 0.25) is 0 Å². The second-order valence-electron chi connectivity index (χ2n) is 4.42. The predicted octanol–water partition coefficient (Wildman–Crippen LogP) is -0.0731. The highest BCUT2D eigenvalue weighted by Crippen LogP contribution is 2.25. The minimum Gasteiger partial charge on any atom is -0.495 e. The Hall–Kier alpha value is -2.13. The van der Waals surface area contributed by atoms with Crippen molar-refractivity contribution < 1.29 is 13.2 Å². The van der Waals surface area contributed by atoms with Gasteiger partial charge in [0.25, 0.3) is 0 Å². The predicted molar refractivity (Wildman–Crippen MR) is 77.3 cm³/mol. The van der Waals surface area contributed by atoms with Crippen molar-refractivity contribution in [3.05, 3.63) is 30.4 Å². The Labute approximate surface area is 123 Å². The number of nitrogens with one attached hydrogen (secondary N) is 1. The second kappa shape index (κ2) is 6.10. The quantitative estimate of drug-likeness (QED) is 0.722. The van der Waals surface area contributed by atoms with Crippen LogP contribution in [0, 0.1) is 0 Å². The maximum absolute atomic E-state index is 12.3. The van der Waals surface area contributed by atoms with Crippen LogP contribution in [0.3, 0.4) is 0 Å². The zero-order valence-corrected chi connectivity index (χ0v) is 12.6. The van der Waals surface area contributed by atoms with Gasteiger partial charge in [0.1, 0.15) is 22.8 Å². The molecular weight excluding hydrogens is 294 g/mol. The van der Waals surface area contributed by atoms with Gasteiger partial charge in [0, 0.05) is 31.8 Å². The second-order valence-corrected chi connectivity index (χ2v) is 6.15. The van der Waals surface area contributed by atoms with Gasteiger partial charge >= 0.3 is 0 Å². The Morgan fingerprint density at radius 3 is 2.81 bits per heavy atom. The minimum absolute atomic E-state index is 0.0529. The largest absolute Gasteiger partial charge is 0.495 e. The molecule has 1 heterocycles. The standard InChI is InChI=1S/C12H17N5O3S/c1-17-8-14-16-12(17)5-6-15-21(18,19)11-4-3-9(13)7-10(11)20-2/h3-4,7-8,15H,5-6,13H2,1-2H3. The number of anilines is 1. The number of sulfonamides is 1. The molecule has 0 bridgehead atoms. The zero-order valence-electron chi connectivity index (χ0n) is 11.8. The molecule has 0 spiro atoms. The number of benzene rings is 1. The van der Waals surface area contributed by atoms with E-state index in [4.69, 9.17) is 10.5 Å². The van der Waals surface area contributed by atoms with E-state index in [1.165, 1.54) is 25.3 Å². The Morgan fingerprint density at radius 1 is 1.43 bits per heavy atom. The molecule has 0 unspecified atom stereocenters. The van der Waals surface area contributed by atoms with Crippen LogP contribution in [0.1, 0.15) is 5.82 Å². The van der Waals surface area contributed by atoms with E-state index in [1.807, 2.05) is 0 Å². The van der Waals surface area contributed by atoms with Crippen LogP contribution in [0.5, 0.6) is 5.75 Å². The fraction of sp³-hybridized carbons (Fsp3) is 0.333. The number of nitrogens with two attached hydrogens (primary N) is 1. The van der Waals surface area contributed by atoms with E-state index in [1.54, 1.807) is 17.9 Å². The van der Waals surface area contributed by atoms with Gasteiger partial charge in [-0.15, -0.1) is 10.2 Å². The van der Waals surface area contributed by atoms with Crippen LogP contribution in [-0.2, 0) is 23.5 Å². The van der Waals surface area contributed by atoms with Crippen LogP contribution >= 0.6 is 0 Å². The van der Waals surface area contributed by atoms with Crippen molar-refractivity contribution in [1.82, 2.24) is 19.5 Å². The molecule has 2 rings (SSSR count). The Bertz CT molecular complexity index is 726. The average Bonchev–Trinajstić information content (AvgIpc) is 2.84. The highest BCUT2D eigenvalue weighted by Gasteiger charge is 2.19. The van der Waals surface area contributed by atoms with E-state index < -0.39 is 10.0 Å². The lowest BCUT2D eigenvalue weighted by atomic mass is 10.3. The third-order valence-corrected chi connectivity index (χ3v) is 4.42. The molecule has 114 valence electrons. The maximum atomic E-state index is 12.3. The van der Waals surface area contributed by atoms with Gasteiger partial charge in [-0.25, -0.2) is 13.1 Å². The number of aryl methyl sites for hydroxylation is 1. The van der Waals surface area contributed by atoms with E-state index in [-0.39, 0.29) is 17.2 Å². The van der Waals surface area contributed by atoms with Gasteiger partial charge in [-0.1, -0.05) is 0 Å². The van der Waals surface area contributed by atoms with Crippen LogP contribution in [0.15, 0.2) is 29.4 Å². The molecule has 1 aromatic carbocycles. The topological polar surface area (TPSA) is 112 Å². The first-order valence-corrected chi connectivity index (χ1v) is 7.68.